The highest BCUT2D eigenvalue weighted by atomic mass is 35.5. The number of halogens is 2. The fraction of sp³-hybridized carbons (Fsp3) is 0.294. The first-order chi connectivity index (χ1) is 10.1. The normalized spacial score (nSPS) is 12.4. The molecule has 2 nitrogen and oxygen atoms in total. The highest BCUT2D eigenvalue weighted by molar-refractivity contribution is 6.42. The van der Waals surface area contributed by atoms with Gasteiger partial charge in [-0.25, -0.2) is 0 Å². The van der Waals surface area contributed by atoms with Crippen molar-refractivity contribution < 1.29 is 4.74 Å². The minimum absolute atomic E-state index is 0.200. The van der Waals surface area contributed by atoms with Crippen LogP contribution < -0.4 is 5.32 Å². The maximum Gasteiger partial charge on any atom is 0.0713 e. The van der Waals surface area contributed by atoms with Gasteiger partial charge < -0.3 is 10.1 Å². The van der Waals surface area contributed by atoms with Crippen LogP contribution in [-0.4, -0.2) is 7.11 Å². The van der Waals surface area contributed by atoms with Crippen LogP contribution in [0.2, 0.25) is 10.0 Å². The van der Waals surface area contributed by atoms with Crippen molar-refractivity contribution in [1.82, 2.24) is 5.32 Å². The standard InChI is InChI=1S/C17H19Cl2NO/c1-12(15-6-7-16(18)17(19)9-15)20-10-13-4-3-5-14(8-13)11-21-2/h3-9,12,20H,10-11H2,1-2H3. The quantitative estimate of drug-likeness (QED) is 0.808. The molecule has 1 unspecified atom stereocenters. The van der Waals surface area contributed by atoms with Gasteiger partial charge in [-0.15, -0.1) is 0 Å². The van der Waals surface area contributed by atoms with Crippen LogP contribution in [0, 0.1) is 0 Å². The van der Waals surface area contributed by atoms with E-state index in [0.29, 0.717) is 16.7 Å². The van der Waals surface area contributed by atoms with Crippen LogP contribution in [0.1, 0.15) is 29.7 Å². The van der Waals surface area contributed by atoms with Gasteiger partial charge in [0.2, 0.25) is 0 Å². The summed E-state index contributed by atoms with van der Waals surface area (Å²) < 4.78 is 5.15. The van der Waals surface area contributed by atoms with Gasteiger partial charge >= 0.3 is 0 Å². The minimum atomic E-state index is 0.200. The van der Waals surface area contributed by atoms with Crippen LogP contribution in [0.3, 0.4) is 0 Å². The number of rotatable bonds is 6. The van der Waals surface area contributed by atoms with E-state index in [1.54, 1.807) is 7.11 Å². The lowest BCUT2D eigenvalue weighted by Gasteiger charge is -2.15. The molecule has 2 aromatic rings. The van der Waals surface area contributed by atoms with Crippen molar-refractivity contribution in [1.29, 1.82) is 0 Å². The van der Waals surface area contributed by atoms with Crippen LogP contribution in [0.25, 0.3) is 0 Å². The maximum absolute atomic E-state index is 6.06. The van der Waals surface area contributed by atoms with Crippen LogP contribution in [0.4, 0.5) is 0 Å². The van der Waals surface area contributed by atoms with Crippen molar-refractivity contribution in [2.24, 2.45) is 0 Å². The van der Waals surface area contributed by atoms with Crippen molar-refractivity contribution in [2.45, 2.75) is 26.1 Å². The fourth-order valence-corrected chi connectivity index (χ4v) is 2.47. The van der Waals surface area contributed by atoms with Crippen LogP contribution in [-0.2, 0) is 17.9 Å². The highest BCUT2D eigenvalue weighted by Crippen LogP contribution is 2.25. The molecule has 0 amide bonds. The smallest absolute Gasteiger partial charge is 0.0713 e. The van der Waals surface area contributed by atoms with Crippen molar-refractivity contribution in [3.05, 3.63) is 69.2 Å². The average Bonchev–Trinajstić information content (AvgIpc) is 2.48. The van der Waals surface area contributed by atoms with E-state index in [-0.39, 0.29) is 6.04 Å². The Balaban J connectivity index is 1.98. The molecule has 2 rings (SSSR count). The fourth-order valence-electron chi connectivity index (χ4n) is 2.17. The van der Waals surface area contributed by atoms with Crippen LogP contribution in [0.5, 0.6) is 0 Å². The SMILES string of the molecule is COCc1cccc(CNC(C)c2ccc(Cl)c(Cl)c2)c1. The Labute approximate surface area is 136 Å². The second-order valence-electron chi connectivity index (χ2n) is 5.03. The lowest BCUT2D eigenvalue weighted by molar-refractivity contribution is 0.185. The number of nitrogens with one attached hydrogen (secondary N) is 1. The van der Waals surface area contributed by atoms with Gasteiger partial charge in [0.25, 0.3) is 0 Å². The molecule has 0 spiro atoms. The predicted molar refractivity (Wildman–Crippen MR) is 88.9 cm³/mol. The van der Waals surface area contributed by atoms with E-state index < -0.39 is 0 Å². The Morgan fingerprint density at radius 3 is 2.52 bits per heavy atom. The largest absolute Gasteiger partial charge is 0.380 e. The number of hydrogen-bond donors (Lipinski definition) is 1. The molecule has 0 aliphatic rings. The Morgan fingerprint density at radius 1 is 1.05 bits per heavy atom. The maximum atomic E-state index is 6.06. The molecule has 0 bridgehead atoms. The highest BCUT2D eigenvalue weighted by Gasteiger charge is 2.07. The zero-order chi connectivity index (χ0) is 15.2. The third-order valence-electron chi connectivity index (χ3n) is 3.36. The van der Waals surface area contributed by atoms with E-state index >= 15 is 0 Å². The molecule has 0 aliphatic carbocycles. The van der Waals surface area contributed by atoms with E-state index in [1.165, 1.54) is 11.1 Å². The summed E-state index contributed by atoms with van der Waals surface area (Å²) >= 11 is 12.0. The van der Waals surface area contributed by atoms with E-state index in [2.05, 4.69) is 36.5 Å². The van der Waals surface area contributed by atoms with Crippen molar-refractivity contribution in [3.63, 3.8) is 0 Å². The first-order valence-corrected chi connectivity index (χ1v) is 7.61. The monoisotopic (exact) mass is 323 g/mol. The molecule has 4 heteroatoms. The Morgan fingerprint density at radius 2 is 1.81 bits per heavy atom. The lowest BCUT2D eigenvalue weighted by Crippen LogP contribution is -2.18. The van der Waals surface area contributed by atoms with Gasteiger partial charge in [-0.3, -0.25) is 0 Å². The first-order valence-electron chi connectivity index (χ1n) is 6.85. The Bertz CT molecular complexity index is 601. The van der Waals surface area contributed by atoms with Crippen molar-refractivity contribution in [2.75, 3.05) is 7.11 Å². The van der Waals surface area contributed by atoms with E-state index in [9.17, 15) is 0 Å². The first kappa shape index (κ1) is 16.3. The molecular weight excluding hydrogens is 305 g/mol. The number of benzene rings is 2. The lowest BCUT2D eigenvalue weighted by atomic mass is 10.1. The molecule has 0 saturated heterocycles. The predicted octanol–water partition coefficient (Wildman–Crippen LogP) is 4.99. The summed E-state index contributed by atoms with van der Waals surface area (Å²) in [6.45, 7) is 3.54. The van der Waals surface area contributed by atoms with E-state index in [0.717, 1.165) is 12.1 Å². The van der Waals surface area contributed by atoms with Crippen molar-refractivity contribution >= 4 is 23.2 Å². The van der Waals surface area contributed by atoms with Gasteiger partial charge in [0.05, 0.1) is 16.7 Å². The van der Waals surface area contributed by atoms with Gasteiger partial charge in [-0.05, 0) is 35.7 Å². The summed E-state index contributed by atoms with van der Waals surface area (Å²) in [4.78, 5) is 0. The third-order valence-corrected chi connectivity index (χ3v) is 4.10. The number of methoxy groups -OCH3 is 1. The summed E-state index contributed by atoms with van der Waals surface area (Å²) in [7, 11) is 1.71. The molecule has 2 aromatic carbocycles. The van der Waals surface area contributed by atoms with Crippen LogP contribution >= 0.6 is 23.2 Å². The summed E-state index contributed by atoms with van der Waals surface area (Å²) in [6, 6.07) is 14.3. The van der Waals surface area contributed by atoms with Crippen LogP contribution in [0.15, 0.2) is 42.5 Å². The molecule has 0 radical (unpaired) electrons. The molecule has 0 saturated carbocycles. The van der Waals surface area contributed by atoms with Gasteiger partial charge in [0.1, 0.15) is 0 Å². The minimum Gasteiger partial charge on any atom is -0.380 e. The molecule has 0 aliphatic heterocycles. The van der Waals surface area contributed by atoms with E-state index in [4.69, 9.17) is 27.9 Å². The summed E-state index contributed by atoms with van der Waals surface area (Å²) in [6.07, 6.45) is 0. The second kappa shape index (κ2) is 7.81. The topological polar surface area (TPSA) is 21.3 Å². The zero-order valence-electron chi connectivity index (χ0n) is 12.2. The summed E-state index contributed by atoms with van der Waals surface area (Å²) in [5, 5.41) is 4.66. The van der Waals surface area contributed by atoms with Gasteiger partial charge in [0, 0.05) is 19.7 Å². The Kier molecular flexibility index (Phi) is 6.07. The molecule has 21 heavy (non-hydrogen) atoms. The number of hydrogen-bond acceptors (Lipinski definition) is 2. The van der Waals surface area contributed by atoms with E-state index in [1.807, 2.05) is 18.2 Å². The summed E-state index contributed by atoms with van der Waals surface area (Å²) in [5.74, 6) is 0. The third kappa shape index (κ3) is 4.72. The summed E-state index contributed by atoms with van der Waals surface area (Å²) in [5.41, 5.74) is 3.54. The zero-order valence-corrected chi connectivity index (χ0v) is 13.7. The van der Waals surface area contributed by atoms with Gasteiger partial charge in [-0.2, -0.15) is 0 Å². The van der Waals surface area contributed by atoms with Gasteiger partial charge in [-0.1, -0.05) is 53.5 Å². The molecule has 0 aromatic heterocycles. The molecule has 1 N–H and O–H groups in total. The second-order valence-corrected chi connectivity index (χ2v) is 5.84. The molecule has 1 atom stereocenters. The molecular formula is C17H19Cl2NO. The Hall–Kier alpha value is -1.06. The average molecular weight is 324 g/mol. The molecule has 0 fully saturated rings. The molecule has 112 valence electrons. The van der Waals surface area contributed by atoms with Crippen molar-refractivity contribution in [3.8, 4) is 0 Å². The number of ether oxygens (including phenoxy) is 1. The molecule has 0 heterocycles. The van der Waals surface area contributed by atoms with Gasteiger partial charge in [0.15, 0.2) is 0 Å².